The molecule has 0 aromatic carbocycles. The van der Waals surface area contributed by atoms with Gasteiger partial charge in [0.15, 0.2) is 0 Å². The lowest BCUT2D eigenvalue weighted by Gasteiger charge is -2.16. The van der Waals surface area contributed by atoms with Crippen molar-refractivity contribution >= 4 is 12.2 Å². The summed E-state index contributed by atoms with van der Waals surface area (Å²) in [5.74, 6) is 0. The average Bonchev–Trinajstić information content (AvgIpc) is 1.72. The molecular formula is C10H22N2O4. The van der Waals surface area contributed by atoms with Gasteiger partial charge in [0.25, 0.3) is 0 Å². The van der Waals surface area contributed by atoms with Gasteiger partial charge in [0, 0.05) is 5.54 Å². The Morgan fingerprint density at radius 3 is 1.50 bits per heavy atom. The highest BCUT2D eigenvalue weighted by atomic mass is 16.6. The lowest BCUT2D eigenvalue weighted by Crippen LogP contribution is -2.39. The predicted octanol–water partition coefficient (Wildman–Crippen LogP) is 1.93. The van der Waals surface area contributed by atoms with Crippen LogP contribution >= 0.6 is 0 Å². The third-order valence-corrected chi connectivity index (χ3v) is 0.889. The summed E-state index contributed by atoms with van der Waals surface area (Å²) >= 11 is 0. The molecule has 0 aliphatic heterocycles. The monoisotopic (exact) mass is 234 g/mol. The largest absolute Gasteiger partial charge is 0.465 e. The van der Waals surface area contributed by atoms with Gasteiger partial charge in [-0.1, -0.05) is 0 Å². The second-order valence-electron chi connectivity index (χ2n) is 5.21. The van der Waals surface area contributed by atoms with Crippen molar-refractivity contribution in [2.45, 2.75) is 52.7 Å². The number of nitrogens with one attached hydrogen (secondary N) is 1. The van der Waals surface area contributed by atoms with Crippen molar-refractivity contribution in [1.82, 2.24) is 5.32 Å². The number of hydrogen-bond donors (Lipinski definition) is 3. The third-order valence-electron chi connectivity index (χ3n) is 0.889. The summed E-state index contributed by atoms with van der Waals surface area (Å²) in [5.41, 5.74) is 3.94. The summed E-state index contributed by atoms with van der Waals surface area (Å²) in [6.45, 7) is 10.7. The van der Waals surface area contributed by atoms with Crippen LogP contribution in [0.1, 0.15) is 41.5 Å². The van der Waals surface area contributed by atoms with E-state index in [9.17, 15) is 9.59 Å². The van der Waals surface area contributed by atoms with Crippen LogP contribution < -0.4 is 11.1 Å². The third kappa shape index (κ3) is 22.9. The van der Waals surface area contributed by atoms with Crippen LogP contribution in [0.3, 0.4) is 0 Å². The van der Waals surface area contributed by atoms with Gasteiger partial charge >= 0.3 is 12.2 Å². The molecule has 6 nitrogen and oxygen atoms in total. The maximum Gasteiger partial charge on any atom is 0.405 e. The van der Waals surface area contributed by atoms with Crippen molar-refractivity contribution in [1.29, 1.82) is 0 Å². The van der Waals surface area contributed by atoms with E-state index in [1.165, 1.54) is 0 Å². The average molecular weight is 234 g/mol. The van der Waals surface area contributed by atoms with Crippen LogP contribution in [-0.4, -0.2) is 28.4 Å². The Labute approximate surface area is 96.2 Å². The van der Waals surface area contributed by atoms with Crippen LogP contribution in [-0.2, 0) is 4.74 Å². The molecule has 16 heavy (non-hydrogen) atoms. The molecule has 0 rings (SSSR count). The fraction of sp³-hybridized carbons (Fsp3) is 0.800. The van der Waals surface area contributed by atoms with Crippen molar-refractivity contribution < 1.29 is 19.4 Å². The fourth-order valence-electron chi connectivity index (χ4n) is 0.623. The maximum absolute atomic E-state index is 10.0. The molecule has 0 aromatic rings. The minimum Gasteiger partial charge on any atom is -0.465 e. The molecule has 0 aliphatic carbocycles. The maximum atomic E-state index is 10.0. The van der Waals surface area contributed by atoms with E-state index in [0.29, 0.717) is 0 Å². The first-order valence-corrected chi connectivity index (χ1v) is 4.83. The zero-order valence-corrected chi connectivity index (χ0v) is 10.7. The number of ether oxygens (including phenoxy) is 1. The van der Waals surface area contributed by atoms with E-state index in [4.69, 9.17) is 10.8 Å². The van der Waals surface area contributed by atoms with Gasteiger partial charge in [-0.25, -0.2) is 9.59 Å². The Balaban J connectivity index is 0. The predicted molar refractivity (Wildman–Crippen MR) is 61.3 cm³/mol. The van der Waals surface area contributed by atoms with Crippen LogP contribution in [0.15, 0.2) is 0 Å². The summed E-state index contributed by atoms with van der Waals surface area (Å²) in [4.78, 5) is 19.9. The Kier molecular flexibility index (Phi) is 6.56. The molecule has 0 saturated carbocycles. The molecule has 0 fully saturated rings. The van der Waals surface area contributed by atoms with Gasteiger partial charge in [-0.15, -0.1) is 0 Å². The lowest BCUT2D eigenvalue weighted by molar-refractivity contribution is 0.0600. The first-order chi connectivity index (χ1) is 6.83. The molecule has 4 N–H and O–H groups in total. The zero-order valence-electron chi connectivity index (χ0n) is 10.7. The summed E-state index contributed by atoms with van der Waals surface area (Å²) in [7, 11) is 0. The second-order valence-corrected chi connectivity index (χ2v) is 5.21. The molecule has 0 aliphatic rings. The van der Waals surface area contributed by atoms with Gasteiger partial charge in [-0.2, -0.15) is 0 Å². The normalized spacial score (nSPS) is 10.9. The molecular weight excluding hydrogens is 212 g/mol. The molecule has 6 heteroatoms. The standard InChI is InChI=1S/2C5H11NO2/c1-5(2,3)8-4(6)7;1-5(2,3)6-4(7)8/h1-3H3,(H2,6,7);6H,1-3H3,(H,7,8). The van der Waals surface area contributed by atoms with Gasteiger partial charge in [0.05, 0.1) is 0 Å². The summed E-state index contributed by atoms with van der Waals surface area (Å²) in [5, 5.41) is 10.4. The molecule has 0 atom stereocenters. The van der Waals surface area contributed by atoms with Crippen molar-refractivity contribution in [3.8, 4) is 0 Å². The highest BCUT2D eigenvalue weighted by Gasteiger charge is 2.12. The van der Waals surface area contributed by atoms with Crippen LogP contribution in [0.25, 0.3) is 0 Å². The van der Waals surface area contributed by atoms with Gasteiger partial charge in [-0.3, -0.25) is 0 Å². The highest BCUT2D eigenvalue weighted by Crippen LogP contribution is 2.04. The topological polar surface area (TPSA) is 102 Å². The summed E-state index contributed by atoms with van der Waals surface area (Å²) < 4.78 is 4.58. The van der Waals surface area contributed by atoms with E-state index in [-0.39, 0.29) is 5.54 Å². The van der Waals surface area contributed by atoms with Crippen molar-refractivity contribution in [3.05, 3.63) is 0 Å². The van der Waals surface area contributed by atoms with Gasteiger partial charge < -0.3 is 20.9 Å². The number of primary amides is 1. The van der Waals surface area contributed by atoms with E-state index in [0.717, 1.165) is 0 Å². The molecule has 0 aromatic heterocycles. The van der Waals surface area contributed by atoms with Gasteiger partial charge in [0.2, 0.25) is 0 Å². The molecule has 96 valence electrons. The number of carboxylic acid groups (broad SMARTS) is 1. The number of hydrogen-bond acceptors (Lipinski definition) is 3. The Morgan fingerprint density at radius 2 is 1.50 bits per heavy atom. The van der Waals surface area contributed by atoms with Gasteiger partial charge in [0.1, 0.15) is 5.60 Å². The summed E-state index contributed by atoms with van der Waals surface area (Å²) in [6.07, 6.45) is -1.70. The van der Waals surface area contributed by atoms with E-state index in [1.807, 2.05) is 0 Å². The number of carbonyl (C=O) groups excluding carboxylic acids is 1. The lowest BCUT2D eigenvalue weighted by atomic mass is 10.1. The Morgan fingerprint density at radius 1 is 1.12 bits per heavy atom. The number of rotatable bonds is 0. The second kappa shape index (κ2) is 6.19. The Hall–Kier alpha value is -1.46. The van der Waals surface area contributed by atoms with Crippen LogP contribution in [0, 0.1) is 0 Å². The van der Waals surface area contributed by atoms with Crippen LogP contribution in [0.5, 0.6) is 0 Å². The van der Waals surface area contributed by atoms with E-state index in [1.54, 1.807) is 41.5 Å². The van der Waals surface area contributed by atoms with E-state index in [2.05, 4.69) is 10.1 Å². The Bertz CT molecular complexity index is 212. The van der Waals surface area contributed by atoms with Crippen LogP contribution in [0.4, 0.5) is 9.59 Å². The number of carbonyl (C=O) groups is 2. The van der Waals surface area contributed by atoms with Crippen molar-refractivity contribution in [2.75, 3.05) is 0 Å². The smallest absolute Gasteiger partial charge is 0.405 e. The highest BCUT2D eigenvalue weighted by molar-refractivity contribution is 5.65. The SMILES string of the molecule is CC(C)(C)NC(=O)O.CC(C)(C)OC(N)=O. The minimum atomic E-state index is -0.975. The number of amides is 2. The molecule has 0 radical (unpaired) electrons. The van der Waals surface area contributed by atoms with Gasteiger partial charge in [-0.05, 0) is 41.5 Å². The minimum absolute atomic E-state index is 0.328. The molecule has 0 saturated heterocycles. The van der Waals surface area contributed by atoms with Crippen molar-refractivity contribution in [2.24, 2.45) is 5.73 Å². The van der Waals surface area contributed by atoms with Crippen LogP contribution in [0.2, 0.25) is 0 Å². The van der Waals surface area contributed by atoms with Crippen molar-refractivity contribution in [3.63, 3.8) is 0 Å². The van der Waals surface area contributed by atoms with E-state index < -0.39 is 17.8 Å². The first kappa shape index (κ1) is 17.0. The molecule has 0 spiro atoms. The fourth-order valence-corrected chi connectivity index (χ4v) is 0.623. The van der Waals surface area contributed by atoms with E-state index >= 15 is 0 Å². The molecule has 0 unspecified atom stereocenters. The first-order valence-electron chi connectivity index (χ1n) is 4.83. The molecule has 0 bridgehead atoms. The molecule has 2 amide bonds. The summed E-state index contributed by atoms with van der Waals surface area (Å²) in [6, 6.07) is 0. The molecule has 0 heterocycles. The number of nitrogens with two attached hydrogens (primary N) is 1. The zero-order chi connectivity index (χ0) is 13.6. The quantitative estimate of drug-likeness (QED) is 0.596.